The molecule has 1 atom stereocenters. The summed E-state index contributed by atoms with van der Waals surface area (Å²) in [6.45, 7) is 0.581. The normalized spacial score (nSPS) is 12.1. The van der Waals surface area contributed by atoms with Crippen molar-refractivity contribution in [3.8, 4) is 17.2 Å². The number of aliphatic hydroxyl groups excluding tert-OH is 1. The smallest absolute Gasteiger partial charge is 0.247 e. The second kappa shape index (κ2) is 9.82. The molecule has 0 bridgehead atoms. The van der Waals surface area contributed by atoms with Gasteiger partial charge in [0.1, 0.15) is 18.5 Å². The van der Waals surface area contributed by atoms with Crippen molar-refractivity contribution in [2.75, 3.05) is 13.2 Å². The van der Waals surface area contributed by atoms with Crippen LogP contribution in [0.4, 0.5) is 0 Å². The van der Waals surface area contributed by atoms with E-state index in [0.717, 1.165) is 16.7 Å². The van der Waals surface area contributed by atoms with E-state index < -0.39 is 6.10 Å². The Kier molecular flexibility index (Phi) is 6.49. The fourth-order valence-electron chi connectivity index (χ4n) is 3.22. The maximum atomic E-state index is 10.4. The van der Waals surface area contributed by atoms with Crippen LogP contribution in [-0.2, 0) is 0 Å². The topological polar surface area (TPSA) is 80.4 Å². The Balaban J connectivity index is 1.33. The zero-order valence-electron chi connectivity index (χ0n) is 16.4. The van der Waals surface area contributed by atoms with Gasteiger partial charge in [0.25, 0.3) is 0 Å². The van der Waals surface area contributed by atoms with Crippen molar-refractivity contribution in [3.05, 3.63) is 102 Å². The molecule has 3 aromatic carbocycles. The fourth-order valence-corrected chi connectivity index (χ4v) is 3.22. The first kappa shape index (κ1) is 19.8. The molecule has 4 aromatic rings. The summed E-state index contributed by atoms with van der Waals surface area (Å²) >= 11 is 0. The minimum atomic E-state index is -0.657. The molecule has 0 saturated carbocycles. The van der Waals surface area contributed by atoms with Gasteiger partial charge in [0, 0.05) is 12.1 Å². The number of aliphatic hydroxyl groups is 1. The van der Waals surface area contributed by atoms with E-state index in [0.29, 0.717) is 18.2 Å². The molecule has 6 heteroatoms. The summed E-state index contributed by atoms with van der Waals surface area (Å²) in [7, 11) is 0. The van der Waals surface area contributed by atoms with Crippen LogP contribution < -0.4 is 10.1 Å². The third-order valence-electron chi connectivity index (χ3n) is 4.73. The van der Waals surface area contributed by atoms with Gasteiger partial charge < -0.3 is 19.6 Å². The van der Waals surface area contributed by atoms with Crippen LogP contribution in [0.2, 0.25) is 0 Å². The molecular weight excluding hydrogens is 378 g/mol. The summed E-state index contributed by atoms with van der Waals surface area (Å²) in [5, 5.41) is 21.4. The van der Waals surface area contributed by atoms with Gasteiger partial charge in [-0.05, 0) is 35.4 Å². The first-order valence-electron chi connectivity index (χ1n) is 9.80. The molecule has 152 valence electrons. The van der Waals surface area contributed by atoms with Crippen molar-refractivity contribution in [2.45, 2.75) is 12.1 Å². The van der Waals surface area contributed by atoms with Crippen LogP contribution in [0.25, 0.3) is 11.5 Å². The summed E-state index contributed by atoms with van der Waals surface area (Å²) in [6.07, 6.45) is 0.636. The number of rotatable bonds is 9. The highest BCUT2D eigenvalue weighted by Gasteiger charge is 2.15. The quantitative estimate of drug-likeness (QED) is 0.443. The first-order chi connectivity index (χ1) is 14.8. The van der Waals surface area contributed by atoms with E-state index in [9.17, 15) is 5.11 Å². The molecule has 0 fully saturated rings. The molecule has 0 amide bonds. The molecule has 0 aliphatic heterocycles. The summed E-state index contributed by atoms with van der Waals surface area (Å²) in [4.78, 5) is 0. The highest BCUT2D eigenvalue weighted by molar-refractivity contribution is 5.53. The van der Waals surface area contributed by atoms with Crippen LogP contribution in [0.15, 0.2) is 95.7 Å². The highest BCUT2D eigenvalue weighted by Crippen LogP contribution is 2.22. The Morgan fingerprint density at radius 2 is 1.50 bits per heavy atom. The average Bonchev–Trinajstić information content (AvgIpc) is 3.35. The largest absolute Gasteiger partial charge is 0.491 e. The Bertz CT molecular complexity index is 967. The lowest BCUT2D eigenvalue weighted by Crippen LogP contribution is -2.34. The summed E-state index contributed by atoms with van der Waals surface area (Å²) < 4.78 is 10.9. The zero-order chi connectivity index (χ0) is 20.6. The summed E-state index contributed by atoms with van der Waals surface area (Å²) in [6, 6.07) is 27.7. The van der Waals surface area contributed by atoms with Crippen molar-refractivity contribution < 1.29 is 14.3 Å². The third-order valence-corrected chi connectivity index (χ3v) is 4.73. The zero-order valence-corrected chi connectivity index (χ0v) is 16.4. The molecule has 6 nitrogen and oxygen atoms in total. The lowest BCUT2D eigenvalue weighted by atomic mass is 9.98. The van der Waals surface area contributed by atoms with Crippen LogP contribution in [0.5, 0.6) is 5.75 Å². The van der Waals surface area contributed by atoms with Gasteiger partial charge in [-0.2, -0.15) is 0 Å². The number of aromatic nitrogens is 2. The van der Waals surface area contributed by atoms with Gasteiger partial charge in [-0.15, -0.1) is 10.2 Å². The number of hydrogen-bond acceptors (Lipinski definition) is 6. The molecule has 2 N–H and O–H groups in total. The molecule has 0 aliphatic rings. The molecule has 1 heterocycles. The number of benzene rings is 3. The maximum absolute atomic E-state index is 10.4. The molecule has 0 unspecified atom stereocenters. The number of ether oxygens (including phenoxy) is 1. The van der Waals surface area contributed by atoms with E-state index in [4.69, 9.17) is 9.15 Å². The minimum absolute atomic E-state index is 0.00395. The predicted octanol–water partition coefficient (Wildman–Crippen LogP) is 3.86. The van der Waals surface area contributed by atoms with E-state index >= 15 is 0 Å². The number of hydrogen-bond donors (Lipinski definition) is 2. The summed E-state index contributed by atoms with van der Waals surface area (Å²) in [5.41, 5.74) is 3.11. The molecular formula is C24H23N3O3. The van der Waals surface area contributed by atoms with Crippen molar-refractivity contribution in [1.29, 1.82) is 0 Å². The Hall–Kier alpha value is -3.48. The molecule has 0 radical (unpaired) electrons. The maximum Gasteiger partial charge on any atom is 0.247 e. The molecule has 30 heavy (non-hydrogen) atoms. The minimum Gasteiger partial charge on any atom is -0.491 e. The highest BCUT2D eigenvalue weighted by atomic mass is 16.5. The van der Waals surface area contributed by atoms with E-state index in [1.54, 1.807) is 0 Å². The van der Waals surface area contributed by atoms with Crippen LogP contribution in [-0.4, -0.2) is 34.6 Å². The lowest BCUT2D eigenvalue weighted by Gasteiger charge is -2.22. The van der Waals surface area contributed by atoms with E-state index in [1.807, 2.05) is 60.7 Å². The van der Waals surface area contributed by atoms with Gasteiger partial charge in [-0.3, -0.25) is 0 Å². The molecule has 0 aliphatic carbocycles. The van der Waals surface area contributed by atoms with E-state index in [-0.39, 0.29) is 12.6 Å². The van der Waals surface area contributed by atoms with Crippen LogP contribution in [0.1, 0.15) is 17.2 Å². The third kappa shape index (κ3) is 5.11. The van der Waals surface area contributed by atoms with Gasteiger partial charge in [0.05, 0.1) is 6.04 Å². The molecule has 0 spiro atoms. The van der Waals surface area contributed by atoms with E-state index in [2.05, 4.69) is 39.8 Å². The fraction of sp³-hybridized carbons (Fsp3) is 0.167. The van der Waals surface area contributed by atoms with Gasteiger partial charge in [-0.25, -0.2) is 0 Å². The van der Waals surface area contributed by atoms with Crippen molar-refractivity contribution >= 4 is 0 Å². The Morgan fingerprint density at radius 1 is 0.867 bits per heavy atom. The monoisotopic (exact) mass is 401 g/mol. The Labute approximate surface area is 175 Å². The van der Waals surface area contributed by atoms with Crippen LogP contribution in [0, 0.1) is 0 Å². The SMILES string of the molecule is O[C@@H](CNC(c1ccccc1)c1ccccc1)COc1ccc(-c2nnco2)cc1. The lowest BCUT2D eigenvalue weighted by molar-refractivity contribution is 0.105. The van der Waals surface area contributed by atoms with Crippen molar-refractivity contribution in [1.82, 2.24) is 15.5 Å². The molecule has 4 rings (SSSR count). The second-order valence-corrected chi connectivity index (χ2v) is 6.90. The van der Waals surface area contributed by atoms with Gasteiger partial charge in [0.2, 0.25) is 12.3 Å². The number of nitrogens with zero attached hydrogens (tertiary/aromatic N) is 2. The summed E-state index contributed by atoms with van der Waals surface area (Å²) in [5.74, 6) is 1.12. The number of nitrogens with one attached hydrogen (secondary N) is 1. The van der Waals surface area contributed by atoms with Gasteiger partial charge in [-0.1, -0.05) is 60.7 Å². The van der Waals surface area contributed by atoms with Crippen LogP contribution in [0.3, 0.4) is 0 Å². The molecule has 1 aromatic heterocycles. The van der Waals surface area contributed by atoms with Gasteiger partial charge in [0.15, 0.2) is 0 Å². The molecule has 0 saturated heterocycles. The van der Waals surface area contributed by atoms with Crippen LogP contribution >= 0.6 is 0 Å². The first-order valence-corrected chi connectivity index (χ1v) is 9.80. The van der Waals surface area contributed by atoms with Gasteiger partial charge >= 0.3 is 0 Å². The van der Waals surface area contributed by atoms with Crippen molar-refractivity contribution in [2.24, 2.45) is 0 Å². The predicted molar refractivity (Wildman–Crippen MR) is 114 cm³/mol. The standard InChI is InChI=1S/C24H23N3O3/c28-21(16-29-22-13-11-20(12-14-22)24-27-26-17-30-24)15-25-23(18-7-3-1-4-8-18)19-9-5-2-6-10-19/h1-14,17,21,23,25,28H,15-16H2/t21-/m0/s1. The average molecular weight is 401 g/mol. The van der Waals surface area contributed by atoms with E-state index in [1.165, 1.54) is 6.39 Å². The van der Waals surface area contributed by atoms with Crippen molar-refractivity contribution in [3.63, 3.8) is 0 Å². The second-order valence-electron chi connectivity index (χ2n) is 6.90. The Morgan fingerprint density at radius 3 is 2.07 bits per heavy atom.